The third-order valence-electron chi connectivity index (χ3n) is 2.51. The van der Waals surface area contributed by atoms with E-state index in [-0.39, 0.29) is 12.1 Å². The van der Waals surface area contributed by atoms with Crippen molar-refractivity contribution < 1.29 is 9.53 Å². The molecular weight excluding hydrogens is 256 g/mol. The average Bonchev–Trinajstić information content (AvgIpc) is 2.35. The van der Waals surface area contributed by atoms with E-state index in [4.69, 9.17) is 4.74 Å². The molecule has 0 heterocycles. The van der Waals surface area contributed by atoms with Gasteiger partial charge >= 0.3 is 6.09 Å². The minimum Gasteiger partial charge on any atom is -0.450 e. The van der Waals surface area contributed by atoms with E-state index in [2.05, 4.69) is 34.8 Å². The number of hydrogen-bond acceptors (Lipinski definition) is 3. The summed E-state index contributed by atoms with van der Waals surface area (Å²) >= 11 is 0. The molecule has 0 spiro atoms. The maximum absolute atomic E-state index is 11.5. The van der Waals surface area contributed by atoms with Gasteiger partial charge in [0.2, 0.25) is 0 Å². The van der Waals surface area contributed by atoms with Crippen LogP contribution in [-0.2, 0) is 4.74 Å². The van der Waals surface area contributed by atoms with Crippen LogP contribution in [-0.4, -0.2) is 44.3 Å². The fourth-order valence-electron chi connectivity index (χ4n) is 1.80. The van der Waals surface area contributed by atoms with Gasteiger partial charge in [0.1, 0.15) is 0 Å². The minimum absolute atomic E-state index is 0.0126. The van der Waals surface area contributed by atoms with Gasteiger partial charge in [-0.05, 0) is 33.1 Å². The second-order valence-electron chi connectivity index (χ2n) is 4.94. The molecule has 1 amide bonds. The van der Waals surface area contributed by atoms with Crippen molar-refractivity contribution in [2.24, 2.45) is 10.9 Å². The van der Waals surface area contributed by atoms with Gasteiger partial charge in [-0.25, -0.2) is 4.79 Å². The monoisotopic (exact) mass is 286 g/mol. The Balaban J connectivity index is 4.52. The van der Waals surface area contributed by atoms with Crippen LogP contribution in [0.15, 0.2) is 4.99 Å². The molecule has 0 aliphatic rings. The zero-order chi connectivity index (χ0) is 15.4. The van der Waals surface area contributed by atoms with Crippen molar-refractivity contribution in [3.05, 3.63) is 0 Å². The van der Waals surface area contributed by atoms with Crippen molar-refractivity contribution in [1.82, 2.24) is 16.0 Å². The zero-order valence-electron chi connectivity index (χ0n) is 13.5. The number of hydrogen-bond donors (Lipinski definition) is 3. The van der Waals surface area contributed by atoms with Crippen LogP contribution in [0.5, 0.6) is 0 Å². The first-order valence-corrected chi connectivity index (χ1v) is 7.48. The molecule has 0 aromatic rings. The zero-order valence-corrected chi connectivity index (χ0v) is 13.5. The first-order valence-electron chi connectivity index (χ1n) is 7.48. The third-order valence-corrected chi connectivity index (χ3v) is 2.51. The summed E-state index contributed by atoms with van der Waals surface area (Å²) in [6.07, 6.45) is 0.496. The number of alkyl carbamates (subject to hydrolysis) is 1. The van der Waals surface area contributed by atoms with Gasteiger partial charge in [-0.2, -0.15) is 0 Å². The number of carbonyl (C=O) groups excluding carboxylic acids is 1. The van der Waals surface area contributed by atoms with Crippen LogP contribution in [0.4, 0.5) is 4.79 Å². The van der Waals surface area contributed by atoms with Crippen LogP contribution in [0.3, 0.4) is 0 Å². The quantitative estimate of drug-likeness (QED) is 0.469. The topological polar surface area (TPSA) is 74.8 Å². The van der Waals surface area contributed by atoms with Crippen LogP contribution in [0.25, 0.3) is 0 Å². The molecule has 20 heavy (non-hydrogen) atoms. The molecule has 0 aliphatic carbocycles. The standard InChI is InChI=1S/C14H30N4O2/c1-6-15-13(16-7-2)17-10-12(9-11(4)5)18-14(19)20-8-3/h11-12H,6-10H2,1-5H3,(H,18,19)(H2,15,16,17). The van der Waals surface area contributed by atoms with Crippen molar-refractivity contribution in [3.63, 3.8) is 0 Å². The van der Waals surface area contributed by atoms with E-state index in [9.17, 15) is 4.79 Å². The summed E-state index contributed by atoms with van der Waals surface area (Å²) in [7, 11) is 0. The van der Waals surface area contributed by atoms with Crippen LogP contribution < -0.4 is 16.0 Å². The Morgan fingerprint density at radius 1 is 1.15 bits per heavy atom. The predicted octanol–water partition coefficient (Wildman–Crippen LogP) is 1.72. The van der Waals surface area contributed by atoms with Crippen LogP contribution in [0.2, 0.25) is 0 Å². The molecule has 1 unspecified atom stereocenters. The lowest BCUT2D eigenvalue weighted by Gasteiger charge is -2.19. The Morgan fingerprint density at radius 2 is 1.75 bits per heavy atom. The lowest BCUT2D eigenvalue weighted by molar-refractivity contribution is 0.147. The number of nitrogens with zero attached hydrogens (tertiary/aromatic N) is 1. The SMILES string of the molecule is CCNC(=NCC(CC(C)C)NC(=O)OCC)NCC. The molecule has 0 saturated carbocycles. The molecule has 0 bridgehead atoms. The molecule has 0 aliphatic heterocycles. The number of aliphatic imine (C=N–C) groups is 1. The number of rotatable bonds is 8. The number of guanidine groups is 1. The van der Waals surface area contributed by atoms with Crippen molar-refractivity contribution in [2.75, 3.05) is 26.2 Å². The summed E-state index contributed by atoms with van der Waals surface area (Å²) in [5.41, 5.74) is 0. The maximum atomic E-state index is 11.5. The van der Waals surface area contributed by atoms with E-state index in [1.54, 1.807) is 6.92 Å². The van der Waals surface area contributed by atoms with Gasteiger partial charge in [0.25, 0.3) is 0 Å². The van der Waals surface area contributed by atoms with Crippen molar-refractivity contribution in [1.29, 1.82) is 0 Å². The number of amides is 1. The fourth-order valence-corrected chi connectivity index (χ4v) is 1.80. The first-order chi connectivity index (χ1) is 9.53. The van der Waals surface area contributed by atoms with E-state index in [1.807, 2.05) is 13.8 Å². The lowest BCUT2D eigenvalue weighted by Crippen LogP contribution is -2.41. The third kappa shape index (κ3) is 9.47. The summed E-state index contributed by atoms with van der Waals surface area (Å²) in [5, 5.41) is 9.20. The number of nitrogens with one attached hydrogen (secondary N) is 3. The molecule has 118 valence electrons. The molecule has 0 saturated heterocycles. The molecule has 6 heteroatoms. The van der Waals surface area contributed by atoms with Gasteiger partial charge in [-0.15, -0.1) is 0 Å². The van der Waals surface area contributed by atoms with Crippen molar-refractivity contribution in [3.8, 4) is 0 Å². The molecule has 0 rings (SSSR count). The van der Waals surface area contributed by atoms with E-state index in [0.29, 0.717) is 19.1 Å². The van der Waals surface area contributed by atoms with Gasteiger partial charge in [0.15, 0.2) is 5.96 Å². The molecule has 0 aromatic carbocycles. The Morgan fingerprint density at radius 3 is 2.20 bits per heavy atom. The molecule has 6 nitrogen and oxygen atoms in total. The normalized spacial score (nSPS) is 11.7. The Hall–Kier alpha value is -1.46. The Labute approximate surface area is 122 Å². The van der Waals surface area contributed by atoms with Gasteiger partial charge in [0.05, 0.1) is 19.2 Å². The second kappa shape index (κ2) is 11.4. The summed E-state index contributed by atoms with van der Waals surface area (Å²) in [4.78, 5) is 16.0. The average molecular weight is 286 g/mol. The Kier molecular flexibility index (Phi) is 10.5. The molecule has 1 atom stereocenters. The summed E-state index contributed by atoms with van der Waals surface area (Å²) in [6, 6.07) is -0.0126. The highest BCUT2D eigenvalue weighted by Gasteiger charge is 2.14. The molecule has 3 N–H and O–H groups in total. The highest BCUT2D eigenvalue weighted by Crippen LogP contribution is 2.05. The highest BCUT2D eigenvalue weighted by atomic mass is 16.5. The van der Waals surface area contributed by atoms with Crippen molar-refractivity contribution >= 4 is 12.1 Å². The predicted molar refractivity (Wildman–Crippen MR) is 83.1 cm³/mol. The van der Waals surface area contributed by atoms with Gasteiger partial charge in [-0.1, -0.05) is 13.8 Å². The van der Waals surface area contributed by atoms with E-state index in [0.717, 1.165) is 25.5 Å². The smallest absolute Gasteiger partial charge is 0.407 e. The molecular formula is C14H30N4O2. The van der Waals surface area contributed by atoms with Crippen LogP contribution in [0.1, 0.15) is 41.0 Å². The van der Waals surface area contributed by atoms with Crippen LogP contribution in [0, 0.1) is 5.92 Å². The van der Waals surface area contributed by atoms with E-state index < -0.39 is 0 Å². The van der Waals surface area contributed by atoms with Gasteiger partial charge in [-0.3, -0.25) is 4.99 Å². The lowest BCUT2D eigenvalue weighted by atomic mass is 10.0. The number of carbonyl (C=O) groups is 1. The Bertz CT molecular complexity index is 285. The summed E-state index contributed by atoms with van der Waals surface area (Å²) in [5.74, 6) is 1.26. The first kappa shape index (κ1) is 18.5. The van der Waals surface area contributed by atoms with E-state index in [1.165, 1.54) is 0 Å². The van der Waals surface area contributed by atoms with Crippen molar-refractivity contribution in [2.45, 2.75) is 47.1 Å². The summed E-state index contributed by atoms with van der Waals surface area (Å²) in [6.45, 7) is 12.6. The summed E-state index contributed by atoms with van der Waals surface area (Å²) < 4.78 is 4.93. The second-order valence-corrected chi connectivity index (χ2v) is 4.94. The molecule has 0 radical (unpaired) electrons. The van der Waals surface area contributed by atoms with Gasteiger partial charge < -0.3 is 20.7 Å². The minimum atomic E-state index is -0.373. The fraction of sp³-hybridized carbons (Fsp3) is 0.857. The molecule has 0 aromatic heterocycles. The van der Waals surface area contributed by atoms with Gasteiger partial charge in [0, 0.05) is 13.1 Å². The number of ether oxygens (including phenoxy) is 1. The van der Waals surface area contributed by atoms with Crippen LogP contribution >= 0.6 is 0 Å². The molecule has 0 fully saturated rings. The highest BCUT2D eigenvalue weighted by molar-refractivity contribution is 5.79. The maximum Gasteiger partial charge on any atom is 0.407 e. The largest absolute Gasteiger partial charge is 0.450 e. The van der Waals surface area contributed by atoms with E-state index >= 15 is 0 Å².